The first-order chi connectivity index (χ1) is 19.0. The van der Waals surface area contributed by atoms with Crippen LogP contribution < -0.4 is 10.6 Å². The van der Waals surface area contributed by atoms with Gasteiger partial charge in [0.25, 0.3) is 11.8 Å². The molecule has 2 aromatic heterocycles. The van der Waals surface area contributed by atoms with Gasteiger partial charge in [0.1, 0.15) is 0 Å². The maximum Gasteiger partial charge on any atom is 0.338 e. The second-order valence-corrected chi connectivity index (χ2v) is 9.42. The van der Waals surface area contributed by atoms with Crippen LogP contribution in [0.15, 0.2) is 101 Å². The van der Waals surface area contributed by atoms with Crippen LogP contribution in [0.25, 0.3) is 22.4 Å². The molecular weight excluding hydrogens is 514 g/mol. The number of anilines is 2. The monoisotopic (exact) mass is 537 g/mol. The Balaban J connectivity index is 1.15. The van der Waals surface area contributed by atoms with Crippen LogP contribution in [0.4, 0.5) is 10.8 Å². The normalized spacial score (nSPS) is 10.6. The van der Waals surface area contributed by atoms with Crippen LogP contribution in [0.2, 0.25) is 0 Å². The average molecular weight is 538 g/mol. The second-order valence-electron chi connectivity index (χ2n) is 8.57. The number of esters is 1. The third-order valence-electron chi connectivity index (χ3n) is 5.84. The van der Waals surface area contributed by atoms with Crippen LogP contribution in [0.1, 0.15) is 26.5 Å². The van der Waals surface area contributed by atoms with Gasteiger partial charge in [0.2, 0.25) is 0 Å². The molecule has 2 heterocycles. The van der Waals surface area contributed by atoms with Crippen molar-refractivity contribution in [3.8, 4) is 22.4 Å². The van der Waals surface area contributed by atoms with Gasteiger partial charge < -0.3 is 14.5 Å². The lowest BCUT2D eigenvalue weighted by atomic mass is 10.0. The Hall–Kier alpha value is -5.02. The molecule has 0 saturated carbocycles. The fourth-order valence-corrected chi connectivity index (χ4v) is 4.51. The van der Waals surface area contributed by atoms with Gasteiger partial charge in [-0.15, -0.1) is 11.3 Å². The van der Waals surface area contributed by atoms with Crippen LogP contribution in [0.3, 0.4) is 0 Å². The molecule has 194 valence electrons. The summed E-state index contributed by atoms with van der Waals surface area (Å²) in [4.78, 5) is 41.7. The second kappa shape index (κ2) is 11.6. The molecule has 0 aliphatic heterocycles. The van der Waals surface area contributed by atoms with Crippen LogP contribution in [-0.2, 0) is 9.53 Å². The van der Waals surface area contributed by atoms with E-state index in [2.05, 4.69) is 27.8 Å². The summed E-state index contributed by atoms with van der Waals surface area (Å²) in [5.74, 6) is -1.50. The van der Waals surface area contributed by atoms with Crippen LogP contribution in [0, 0.1) is 6.92 Å². The van der Waals surface area contributed by atoms with E-state index >= 15 is 0 Å². The zero-order valence-corrected chi connectivity index (χ0v) is 21.7. The number of aromatic nitrogens is 1. The molecule has 0 unspecified atom stereocenters. The van der Waals surface area contributed by atoms with Gasteiger partial charge in [-0.1, -0.05) is 60.7 Å². The number of hydrogen-bond donors (Lipinski definition) is 2. The van der Waals surface area contributed by atoms with E-state index in [0.717, 1.165) is 27.9 Å². The molecule has 9 heteroatoms. The topological polar surface area (TPSA) is 111 Å². The van der Waals surface area contributed by atoms with E-state index in [-0.39, 0.29) is 11.3 Å². The minimum Gasteiger partial charge on any atom is -0.459 e. The first-order valence-electron chi connectivity index (χ1n) is 12.0. The summed E-state index contributed by atoms with van der Waals surface area (Å²) >= 11 is 1.28. The van der Waals surface area contributed by atoms with Gasteiger partial charge in [0.05, 0.1) is 17.5 Å². The van der Waals surface area contributed by atoms with Gasteiger partial charge in [-0.25, -0.2) is 9.78 Å². The number of nitrogens with one attached hydrogen (secondary N) is 2. The third-order valence-corrected chi connectivity index (χ3v) is 6.60. The molecule has 0 aliphatic carbocycles. The number of amides is 2. The van der Waals surface area contributed by atoms with Crippen molar-refractivity contribution >= 4 is 39.9 Å². The van der Waals surface area contributed by atoms with Crippen molar-refractivity contribution in [2.75, 3.05) is 17.2 Å². The summed E-state index contributed by atoms with van der Waals surface area (Å²) in [6, 6.07) is 26.0. The molecule has 0 aliphatic rings. The lowest BCUT2D eigenvalue weighted by Gasteiger charge is -2.10. The highest BCUT2D eigenvalue weighted by atomic mass is 32.1. The molecule has 2 N–H and O–H groups in total. The predicted octanol–water partition coefficient (Wildman–Crippen LogP) is 6.43. The lowest BCUT2D eigenvalue weighted by molar-refractivity contribution is -0.119. The molecule has 0 fully saturated rings. The van der Waals surface area contributed by atoms with Crippen molar-refractivity contribution in [3.63, 3.8) is 0 Å². The highest BCUT2D eigenvalue weighted by Crippen LogP contribution is 2.27. The lowest BCUT2D eigenvalue weighted by Crippen LogP contribution is -2.21. The van der Waals surface area contributed by atoms with E-state index < -0.39 is 24.4 Å². The molecule has 0 bridgehead atoms. The van der Waals surface area contributed by atoms with Crippen molar-refractivity contribution in [2.45, 2.75) is 6.92 Å². The minimum absolute atomic E-state index is 0.147. The maximum absolute atomic E-state index is 12.6. The van der Waals surface area contributed by atoms with E-state index in [9.17, 15) is 14.4 Å². The van der Waals surface area contributed by atoms with E-state index in [4.69, 9.17) is 9.15 Å². The molecule has 0 radical (unpaired) electrons. The van der Waals surface area contributed by atoms with Crippen LogP contribution in [-0.4, -0.2) is 29.4 Å². The summed E-state index contributed by atoms with van der Waals surface area (Å²) in [6.07, 6.45) is 1.40. The molecule has 5 aromatic rings. The largest absolute Gasteiger partial charge is 0.459 e. The van der Waals surface area contributed by atoms with E-state index in [1.165, 1.54) is 29.7 Å². The number of carbonyl (C=O) groups is 3. The SMILES string of the molecule is Cc1ccc(C(=O)OCC(=O)Nc2nc(-c3ccc(-c4ccccc4)cc3)cs2)cc1NC(=O)c1ccco1. The summed E-state index contributed by atoms with van der Waals surface area (Å²) in [5.41, 5.74) is 5.26. The minimum atomic E-state index is -0.697. The van der Waals surface area contributed by atoms with E-state index in [1.807, 2.05) is 47.8 Å². The number of carbonyl (C=O) groups excluding carboxylic acids is 3. The summed E-state index contributed by atoms with van der Waals surface area (Å²) < 4.78 is 10.3. The highest BCUT2D eigenvalue weighted by Gasteiger charge is 2.16. The first kappa shape index (κ1) is 25.6. The molecule has 3 aromatic carbocycles. The maximum atomic E-state index is 12.6. The Bertz CT molecular complexity index is 1610. The van der Waals surface area contributed by atoms with Gasteiger partial charge in [-0.2, -0.15) is 0 Å². The van der Waals surface area contributed by atoms with Gasteiger partial charge >= 0.3 is 5.97 Å². The highest BCUT2D eigenvalue weighted by molar-refractivity contribution is 7.14. The van der Waals surface area contributed by atoms with Gasteiger partial charge in [0.15, 0.2) is 17.5 Å². The number of benzene rings is 3. The van der Waals surface area contributed by atoms with Crippen molar-refractivity contribution in [1.29, 1.82) is 0 Å². The Kier molecular flexibility index (Phi) is 7.60. The van der Waals surface area contributed by atoms with Gasteiger partial charge in [-0.05, 0) is 47.9 Å². The number of hydrogen-bond acceptors (Lipinski definition) is 7. The Morgan fingerprint density at radius 2 is 1.62 bits per heavy atom. The Morgan fingerprint density at radius 1 is 0.872 bits per heavy atom. The van der Waals surface area contributed by atoms with Crippen molar-refractivity contribution in [1.82, 2.24) is 4.98 Å². The number of thiazole rings is 1. The molecular formula is C30H23N3O5S. The molecule has 2 amide bonds. The van der Waals surface area contributed by atoms with Crippen molar-refractivity contribution < 1.29 is 23.5 Å². The Morgan fingerprint density at radius 3 is 2.36 bits per heavy atom. The number of nitrogens with zero attached hydrogens (tertiary/aromatic N) is 1. The van der Waals surface area contributed by atoms with Crippen LogP contribution in [0.5, 0.6) is 0 Å². The molecule has 0 spiro atoms. The number of ether oxygens (including phenoxy) is 1. The molecule has 8 nitrogen and oxygen atoms in total. The van der Waals surface area contributed by atoms with E-state index in [0.29, 0.717) is 10.8 Å². The number of aryl methyl sites for hydroxylation is 1. The molecule has 5 rings (SSSR count). The first-order valence-corrected chi connectivity index (χ1v) is 12.9. The van der Waals surface area contributed by atoms with Crippen LogP contribution >= 0.6 is 11.3 Å². The molecule has 39 heavy (non-hydrogen) atoms. The zero-order valence-electron chi connectivity index (χ0n) is 20.8. The summed E-state index contributed by atoms with van der Waals surface area (Å²) in [5, 5.41) is 7.62. The predicted molar refractivity (Wildman–Crippen MR) is 150 cm³/mol. The summed E-state index contributed by atoms with van der Waals surface area (Å²) in [7, 11) is 0. The third kappa shape index (κ3) is 6.28. The smallest absolute Gasteiger partial charge is 0.338 e. The van der Waals surface area contributed by atoms with Gasteiger partial charge in [-0.3, -0.25) is 14.9 Å². The number of rotatable bonds is 8. The average Bonchev–Trinajstić information content (AvgIpc) is 3.67. The fraction of sp³-hybridized carbons (Fsp3) is 0.0667. The standard InChI is InChI=1S/C30H23N3O5S/c1-19-9-10-23(16-24(19)31-28(35)26-8-5-15-37-26)29(36)38-17-27(34)33-30-32-25(18-39-30)22-13-11-21(12-14-22)20-6-3-2-4-7-20/h2-16,18H,17H2,1H3,(H,31,35)(H,32,33,34). The molecule has 0 atom stereocenters. The summed E-state index contributed by atoms with van der Waals surface area (Å²) in [6.45, 7) is 1.31. The van der Waals surface area contributed by atoms with Crippen molar-refractivity contribution in [2.24, 2.45) is 0 Å². The Labute approximate surface area is 228 Å². The number of furan rings is 1. The zero-order chi connectivity index (χ0) is 27.2. The van der Waals surface area contributed by atoms with E-state index in [1.54, 1.807) is 25.1 Å². The fourth-order valence-electron chi connectivity index (χ4n) is 3.77. The van der Waals surface area contributed by atoms with Gasteiger partial charge in [0, 0.05) is 16.6 Å². The van der Waals surface area contributed by atoms with Crippen molar-refractivity contribution in [3.05, 3.63) is 113 Å². The molecule has 0 saturated heterocycles. The quantitative estimate of drug-likeness (QED) is 0.221.